The summed E-state index contributed by atoms with van der Waals surface area (Å²) < 4.78 is 0. The van der Waals surface area contributed by atoms with Crippen LogP contribution >= 0.6 is 0 Å². The van der Waals surface area contributed by atoms with Crippen molar-refractivity contribution in [1.29, 1.82) is 0 Å². The molecular weight excluding hydrogens is 192 g/mol. The van der Waals surface area contributed by atoms with E-state index in [-0.39, 0.29) is 18.7 Å². The first-order valence-electron chi connectivity index (χ1n) is 5.73. The Bertz CT molecular complexity index is 223. The standard InChI is InChI=1S/C11H20N2O2/c12-10(14)5-6-11(15)13-8-7-9-3-1-2-4-9/h9H,1-8H2,(H2,12,14)(H,13,15). The summed E-state index contributed by atoms with van der Waals surface area (Å²) in [5.74, 6) is 0.314. The van der Waals surface area contributed by atoms with Crippen LogP contribution < -0.4 is 11.1 Å². The third kappa shape index (κ3) is 5.40. The van der Waals surface area contributed by atoms with E-state index in [4.69, 9.17) is 5.73 Å². The first-order valence-corrected chi connectivity index (χ1v) is 5.73. The van der Waals surface area contributed by atoms with Crippen molar-refractivity contribution in [3.8, 4) is 0 Å². The number of nitrogens with one attached hydrogen (secondary N) is 1. The fourth-order valence-electron chi connectivity index (χ4n) is 2.04. The maximum Gasteiger partial charge on any atom is 0.220 e. The molecule has 0 aromatic carbocycles. The number of hydrogen-bond acceptors (Lipinski definition) is 2. The van der Waals surface area contributed by atoms with E-state index < -0.39 is 5.91 Å². The van der Waals surface area contributed by atoms with Crippen molar-refractivity contribution < 1.29 is 9.59 Å². The summed E-state index contributed by atoms with van der Waals surface area (Å²) in [5.41, 5.74) is 4.95. The quantitative estimate of drug-likeness (QED) is 0.688. The molecule has 0 radical (unpaired) electrons. The van der Waals surface area contributed by atoms with Crippen molar-refractivity contribution in [3.63, 3.8) is 0 Å². The highest BCUT2D eigenvalue weighted by Crippen LogP contribution is 2.26. The predicted molar refractivity (Wildman–Crippen MR) is 58.0 cm³/mol. The minimum absolute atomic E-state index is 0.0632. The average molecular weight is 212 g/mol. The topological polar surface area (TPSA) is 72.2 Å². The average Bonchev–Trinajstić information content (AvgIpc) is 2.67. The molecule has 0 unspecified atom stereocenters. The summed E-state index contributed by atoms with van der Waals surface area (Å²) in [6, 6.07) is 0. The number of carbonyl (C=O) groups is 2. The molecule has 1 fully saturated rings. The van der Waals surface area contributed by atoms with Gasteiger partial charge in [-0.1, -0.05) is 25.7 Å². The van der Waals surface area contributed by atoms with Gasteiger partial charge >= 0.3 is 0 Å². The molecule has 86 valence electrons. The molecule has 0 aromatic heterocycles. The zero-order chi connectivity index (χ0) is 11.1. The van der Waals surface area contributed by atoms with Gasteiger partial charge in [-0.25, -0.2) is 0 Å². The first-order chi connectivity index (χ1) is 7.18. The second kappa shape index (κ2) is 6.43. The van der Waals surface area contributed by atoms with Gasteiger partial charge < -0.3 is 11.1 Å². The zero-order valence-corrected chi connectivity index (χ0v) is 9.13. The zero-order valence-electron chi connectivity index (χ0n) is 9.13. The molecule has 0 spiro atoms. The highest BCUT2D eigenvalue weighted by molar-refractivity contribution is 5.82. The summed E-state index contributed by atoms with van der Waals surface area (Å²) >= 11 is 0. The van der Waals surface area contributed by atoms with Crippen molar-refractivity contribution in [1.82, 2.24) is 5.32 Å². The Morgan fingerprint density at radius 1 is 1.20 bits per heavy atom. The Balaban J connectivity index is 1.98. The molecule has 1 aliphatic rings. The third-order valence-electron chi connectivity index (χ3n) is 2.95. The van der Waals surface area contributed by atoms with Gasteiger partial charge in [-0.2, -0.15) is 0 Å². The van der Waals surface area contributed by atoms with Gasteiger partial charge in [0, 0.05) is 19.4 Å². The summed E-state index contributed by atoms with van der Waals surface area (Å²) in [6.07, 6.45) is 6.71. The number of primary amides is 1. The molecule has 15 heavy (non-hydrogen) atoms. The lowest BCUT2D eigenvalue weighted by molar-refractivity contribution is -0.125. The fourth-order valence-corrected chi connectivity index (χ4v) is 2.04. The Labute approximate surface area is 90.6 Å². The summed E-state index contributed by atoms with van der Waals surface area (Å²) in [4.78, 5) is 21.6. The molecule has 4 nitrogen and oxygen atoms in total. The molecule has 0 bridgehead atoms. The van der Waals surface area contributed by atoms with Gasteiger partial charge in [0.1, 0.15) is 0 Å². The lowest BCUT2D eigenvalue weighted by Crippen LogP contribution is -2.26. The van der Waals surface area contributed by atoms with E-state index in [2.05, 4.69) is 5.32 Å². The third-order valence-corrected chi connectivity index (χ3v) is 2.95. The number of amides is 2. The Kier molecular flexibility index (Phi) is 5.15. The van der Waals surface area contributed by atoms with E-state index in [1.165, 1.54) is 25.7 Å². The highest BCUT2D eigenvalue weighted by atomic mass is 16.2. The van der Waals surface area contributed by atoms with Crippen LogP contribution in [0, 0.1) is 5.92 Å². The van der Waals surface area contributed by atoms with Gasteiger partial charge in [0.25, 0.3) is 0 Å². The van der Waals surface area contributed by atoms with Crippen LogP contribution in [-0.4, -0.2) is 18.4 Å². The Morgan fingerprint density at radius 2 is 1.87 bits per heavy atom. The maximum atomic E-state index is 11.2. The lowest BCUT2D eigenvalue weighted by Gasteiger charge is -2.09. The summed E-state index contributed by atoms with van der Waals surface area (Å²) in [5, 5.41) is 2.82. The Hall–Kier alpha value is -1.06. The molecule has 1 rings (SSSR count). The molecule has 3 N–H and O–H groups in total. The van der Waals surface area contributed by atoms with Gasteiger partial charge in [-0.05, 0) is 12.3 Å². The Morgan fingerprint density at radius 3 is 2.47 bits per heavy atom. The SMILES string of the molecule is NC(=O)CCC(=O)NCCC1CCCC1. The fraction of sp³-hybridized carbons (Fsp3) is 0.818. The van der Waals surface area contributed by atoms with Gasteiger partial charge in [-0.3, -0.25) is 9.59 Å². The van der Waals surface area contributed by atoms with Crippen LogP contribution in [0.1, 0.15) is 44.9 Å². The van der Waals surface area contributed by atoms with Crippen LogP contribution in [0.4, 0.5) is 0 Å². The van der Waals surface area contributed by atoms with Gasteiger partial charge in [0.05, 0.1) is 0 Å². The lowest BCUT2D eigenvalue weighted by atomic mass is 10.0. The molecule has 0 aliphatic heterocycles. The van der Waals surface area contributed by atoms with Crippen molar-refractivity contribution in [2.24, 2.45) is 11.7 Å². The molecule has 4 heteroatoms. The van der Waals surface area contributed by atoms with Crippen LogP contribution in [0.5, 0.6) is 0 Å². The summed E-state index contributed by atoms with van der Waals surface area (Å²) in [7, 11) is 0. The van der Waals surface area contributed by atoms with Crippen LogP contribution in [-0.2, 0) is 9.59 Å². The minimum Gasteiger partial charge on any atom is -0.370 e. The van der Waals surface area contributed by atoms with Crippen LogP contribution in [0.25, 0.3) is 0 Å². The second-order valence-electron chi connectivity index (χ2n) is 4.26. The van der Waals surface area contributed by atoms with E-state index in [9.17, 15) is 9.59 Å². The molecular formula is C11H20N2O2. The van der Waals surface area contributed by atoms with Crippen molar-refractivity contribution in [3.05, 3.63) is 0 Å². The number of hydrogen-bond donors (Lipinski definition) is 2. The van der Waals surface area contributed by atoms with Crippen molar-refractivity contribution in [2.75, 3.05) is 6.54 Å². The summed E-state index contributed by atoms with van der Waals surface area (Å²) in [6.45, 7) is 0.738. The molecule has 2 amide bonds. The smallest absolute Gasteiger partial charge is 0.220 e. The van der Waals surface area contributed by atoms with Crippen molar-refractivity contribution in [2.45, 2.75) is 44.9 Å². The monoisotopic (exact) mass is 212 g/mol. The van der Waals surface area contributed by atoms with Crippen LogP contribution in [0.2, 0.25) is 0 Å². The number of rotatable bonds is 6. The highest BCUT2D eigenvalue weighted by Gasteiger charge is 2.14. The number of carbonyl (C=O) groups excluding carboxylic acids is 2. The predicted octanol–water partition coefficient (Wildman–Crippen LogP) is 0.948. The van der Waals surface area contributed by atoms with Gasteiger partial charge in [0.2, 0.25) is 11.8 Å². The van der Waals surface area contributed by atoms with Gasteiger partial charge in [0.15, 0.2) is 0 Å². The van der Waals surface area contributed by atoms with E-state index in [1.54, 1.807) is 0 Å². The molecule has 0 saturated heterocycles. The maximum absolute atomic E-state index is 11.2. The molecule has 0 aromatic rings. The van der Waals surface area contributed by atoms with Crippen LogP contribution in [0.15, 0.2) is 0 Å². The van der Waals surface area contributed by atoms with Crippen LogP contribution in [0.3, 0.4) is 0 Å². The second-order valence-corrected chi connectivity index (χ2v) is 4.26. The first kappa shape index (κ1) is 12.0. The molecule has 0 heterocycles. The van der Waals surface area contributed by atoms with Crippen molar-refractivity contribution >= 4 is 11.8 Å². The van der Waals surface area contributed by atoms with E-state index in [1.807, 2.05) is 0 Å². The van der Waals surface area contributed by atoms with E-state index >= 15 is 0 Å². The van der Waals surface area contributed by atoms with E-state index in [0.29, 0.717) is 0 Å². The molecule has 1 saturated carbocycles. The minimum atomic E-state index is -0.416. The van der Waals surface area contributed by atoms with E-state index in [0.717, 1.165) is 18.9 Å². The number of nitrogens with two attached hydrogens (primary N) is 1. The van der Waals surface area contributed by atoms with Gasteiger partial charge in [-0.15, -0.1) is 0 Å². The molecule has 1 aliphatic carbocycles. The largest absolute Gasteiger partial charge is 0.370 e. The molecule has 0 atom stereocenters. The normalized spacial score (nSPS) is 16.5.